The molecule has 25 heavy (non-hydrogen) atoms. The molecule has 1 saturated carbocycles. The Bertz CT molecular complexity index is 715. The van der Waals surface area contributed by atoms with Crippen molar-refractivity contribution in [3.8, 4) is 11.5 Å². The summed E-state index contributed by atoms with van der Waals surface area (Å²) in [4.78, 5) is 14.7. The third kappa shape index (κ3) is 3.69. The van der Waals surface area contributed by atoms with Crippen LogP contribution in [0.5, 0.6) is 11.5 Å². The quantitative estimate of drug-likeness (QED) is 0.850. The number of hydrogen-bond donors (Lipinski definition) is 1. The Morgan fingerprint density at radius 3 is 2.28 bits per heavy atom. The van der Waals surface area contributed by atoms with E-state index in [1.165, 1.54) is 0 Å². The molecule has 1 heterocycles. The molecule has 4 heteroatoms. The van der Waals surface area contributed by atoms with Gasteiger partial charge in [-0.15, -0.1) is 0 Å². The van der Waals surface area contributed by atoms with E-state index in [-0.39, 0.29) is 11.5 Å². The highest BCUT2D eigenvalue weighted by molar-refractivity contribution is 5.97. The normalized spacial score (nSPS) is 25.7. The Hall–Kier alpha value is -2.33. The first-order valence-electron chi connectivity index (χ1n) is 8.93. The van der Waals surface area contributed by atoms with E-state index < -0.39 is 0 Å². The average molecular weight is 337 g/mol. The fraction of sp³-hybridized carbons (Fsp3) is 0.381. The standard InChI is InChI=1S/C21H23NO3/c23-18-8-6-15(7-9-18)21(24)14-22-12-16-10-20(11-17(16)13-22)25-19-4-2-1-3-5-19/h1-9,16-17,20,23H,10-14H2/t16-,17+,20?. The maximum atomic E-state index is 12.4. The first kappa shape index (κ1) is 16.2. The number of nitrogens with zero attached hydrogens (tertiary/aromatic N) is 1. The number of carbonyl (C=O) groups is 1. The summed E-state index contributed by atoms with van der Waals surface area (Å²) >= 11 is 0. The molecule has 2 fully saturated rings. The summed E-state index contributed by atoms with van der Waals surface area (Å²) in [7, 11) is 0. The molecule has 1 unspecified atom stereocenters. The summed E-state index contributed by atoms with van der Waals surface area (Å²) < 4.78 is 6.10. The summed E-state index contributed by atoms with van der Waals surface area (Å²) in [6.45, 7) is 2.41. The van der Waals surface area contributed by atoms with Crippen molar-refractivity contribution < 1.29 is 14.6 Å². The van der Waals surface area contributed by atoms with E-state index >= 15 is 0 Å². The van der Waals surface area contributed by atoms with Crippen LogP contribution in [0.4, 0.5) is 0 Å². The molecule has 0 aromatic heterocycles. The first-order valence-corrected chi connectivity index (χ1v) is 8.93. The van der Waals surface area contributed by atoms with E-state index in [0.717, 1.165) is 31.7 Å². The third-order valence-electron chi connectivity index (χ3n) is 5.39. The Morgan fingerprint density at radius 1 is 1.00 bits per heavy atom. The number of likely N-dealkylation sites (tertiary alicyclic amines) is 1. The fourth-order valence-electron chi connectivity index (χ4n) is 4.20. The zero-order valence-corrected chi connectivity index (χ0v) is 14.2. The third-order valence-corrected chi connectivity index (χ3v) is 5.39. The number of phenols is 1. The lowest BCUT2D eigenvalue weighted by Crippen LogP contribution is -2.30. The molecule has 0 spiro atoms. The lowest BCUT2D eigenvalue weighted by atomic mass is 10.0. The molecule has 4 nitrogen and oxygen atoms in total. The molecule has 130 valence electrons. The molecule has 3 atom stereocenters. The molecule has 0 bridgehead atoms. The molecule has 0 radical (unpaired) electrons. The van der Waals surface area contributed by atoms with Gasteiger partial charge in [0.25, 0.3) is 0 Å². The fourth-order valence-corrected chi connectivity index (χ4v) is 4.20. The summed E-state index contributed by atoms with van der Waals surface area (Å²) in [6, 6.07) is 16.5. The molecule has 0 amide bonds. The van der Waals surface area contributed by atoms with Crippen LogP contribution in [-0.2, 0) is 0 Å². The molecule has 4 rings (SSSR count). The number of carbonyl (C=O) groups excluding carboxylic acids is 1. The van der Waals surface area contributed by atoms with Crippen molar-refractivity contribution in [1.82, 2.24) is 4.90 Å². The Kier molecular flexibility index (Phi) is 4.45. The molecule has 1 saturated heterocycles. The topological polar surface area (TPSA) is 49.8 Å². The van der Waals surface area contributed by atoms with Gasteiger partial charge in [0.1, 0.15) is 11.5 Å². The Morgan fingerprint density at radius 2 is 1.64 bits per heavy atom. The molecular formula is C21H23NO3. The van der Waals surface area contributed by atoms with Crippen LogP contribution in [0, 0.1) is 11.8 Å². The van der Waals surface area contributed by atoms with Crippen molar-refractivity contribution in [2.24, 2.45) is 11.8 Å². The largest absolute Gasteiger partial charge is 0.508 e. The van der Waals surface area contributed by atoms with Gasteiger partial charge in [-0.3, -0.25) is 9.69 Å². The summed E-state index contributed by atoms with van der Waals surface area (Å²) in [6.07, 6.45) is 2.44. The number of phenolic OH excluding ortho intramolecular Hbond substituents is 1. The van der Waals surface area contributed by atoms with Crippen molar-refractivity contribution >= 4 is 5.78 Å². The van der Waals surface area contributed by atoms with Crippen LogP contribution >= 0.6 is 0 Å². The van der Waals surface area contributed by atoms with Gasteiger partial charge in [0, 0.05) is 18.7 Å². The molecule has 1 aliphatic carbocycles. The maximum absolute atomic E-state index is 12.4. The number of aromatic hydroxyl groups is 1. The van der Waals surface area contributed by atoms with Gasteiger partial charge < -0.3 is 9.84 Å². The predicted octanol–water partition coefficient (Wildman–Crippen LogP) is 3.36. The van der Waals surface area contributed by atoms with Gasteiger partial charge in [-0.25, -0.2) is 0 Å². The average Bonchev–Trinajstić information content (AvgIpc) is 3.14. The lowest BCUT2D eigenvalue weighted by Gasteiger charge is -2.19. The van der Waals surface area contributed by atoms with E-state index in [1.807, 2.05) is 30.3 Å². The number of fused-ring (bicyclic) bond motifs is 1. The van der Waals surface area contributed by atoms with E-state index in [9.17, 15) is 9.90 Å². The van der Waals surface area contributed by atoms with Crippen molar-refractivity contribution in [2.75, 3.05) is 19.6 Å². The second-order valence-electron chi connectivity index (χ2n) is 7.21. The van der Waals surface area contributed by atoms with Gasteiger partial charge in [0.15, 0.2) is 5.78 Å². The van der Waals surface area contributed by atoms with Crippen molar-refractivity contribution in [3.05, 3.63) is 60.2 Å². The number of rotatable bonds is 5. The van der Waals surface area contributed by atoms with Gasteiger partial charge in [-0.05, 0) is 61.1 Å². The summed E-state index contributed by atoms with van der Waals surface area (Å²) in [5.41, 5.74) is 0.667. The molecule has 2 aromatic carbocycles. The molecule has 1 aliphatic heterocycles. The van der Waals surface area contributed by atoms with Crippen LogP contribution in [0.15, 0.2) is 54.6 Å². The zero-order valence-electron chi connectivity index (χ0n) is 14.2. The Balaban J connectivity index is 1.29. The number of benzene rings is 2. The highest BCUT2D eigenvalue weighted by Crippen LogP contribution is 2.39. The number of ether oxygens (including phenoxy) is 1. The minimum absolute atomic E-state index is 0.122. The van der Waals surface area contributed by atoms with Gasteiger partial charge in [0.05, 0.1) is 12.6 Å². The molecule has 2 aromatic rings. The molecule has 1 N–H and O–H groups in total. The van der Waals surface area contributed by atoms with Crippen LogP contribution in [0.2, 0.25) is 0 Å². The lowest BCUT2D eigenvalue weighted by molar-refractivity contribution is 0.0936. The molecule has 2 aliphatic rings. The van der Waals surface area contributed by atoms with Crippen LogP contribution in [0.3, 0.4) is 0 Å². The van der Waals surface area contributed by atoms with Crippen molar-refractivity contribution in [2.45, 2.75) is 18.9 Å². The predicted molar refractivity (Wildman–Crippen MR) is 95.9 cm³/mol. The van der Waals surface area contributed by atoms with Crippen LogP contribution < -0.4 is 4.74 Å². The minimum Gasteiger partial charge on any atom is -0.508 e. The van der Waals surface area contributed by atoms with Gasteiger partial charge >= 0.3 is 0 Å². The summed E-state index contributed by atoms with van der Waals surface area (Å²) in [5, 5.41) is 9.33. The first-order chi connectivity index (χ1) is 12.2. The van der Waals surface area contributed by atoms with Crippen LogP contribution in [0.1, 0.15) is 23.2 Å². The second kappa shape index (κ2) is 6.89. The monoisotopic (exact) mass is 337 g/mol. The minimum atomic E-state index is 0.122. The number of ketones is 1. The van der Waals surface area contributed by atoms with Crippen LogP contribution in [0.25, 0.3) is 0 Å². The SMILES string of the molecule is O=C(CN1C[C@H]2CC(Oc3ccccc3)C[C@H]2C1)c1ccc(O)cc1. The van der Waals surface area contributed by atoms with Crippen molar-refractivity contribution in [1.29, 1.82) is 0 Å². The van der Waals surface area contributed by atoms with Crippen LogP contribution in [-0.4, -0.2) is 41.5 Å². The number of Topliss-reactive ketones (excluding diaryl/α,β-unsaturated/α-hetero) is 1. The van der Waals surface area contributed by atoms with E-state index in [1.54, 1.807) is 24.3 Å². The van der Waals surface area contributed by atoms with E-state index in [2.05, 4.69) is 4.90 Å². The highest BCUT2D eigenvalue weighted by atomic mass is 16.5. The summed E-state index contributed by atoms with van der Waals surface area (Å²) in [5.74, 6) is 2.52. The van der Waals surface area contributed by atoms with E-state index in [4.69, 9.17) is 4.74 Å². The number of hydrogen-bond acceptors (Lipinski definition) is 4. The maximum Gasteiger partial charge on any atom is 0.176 e. The Labute approximate surface area is 148 Å². The highest BCUT2D eigenvalue weighted by Gasteiger charge is 2.42. The van der Waals surface area contributed by atoms with Gasteiger partial charge in [-0.1, -0.05) is 18.2 Å². The van der Waals surface area contributed by atoms with E-state index in [0.29, 0.717) is 30.0 Å². The van der Waals surface area contributed by atoms with Gasteiger partial charge in [-0.2, -0.15) is 0 Å². The van der Waals surface area contributed by atoms with Gasteiger partial charge in [0.2, 0.25) is 0 Å². The number of para-hydroxylation sites is 1. The molecular weight excluding hydrogens is 314 g/mol. The second-order valence-corrected chi connectivity index (χ2v) is 7.21. The van der Waals surface area contributed by atoms with Crippen molar-refractivity contribution in [3.63, 3.8) is 0 Å². The zero-order chi connectivity index (χ0) is 17.2. The smallest absolute Gasteiger partial charge is 0.176 e.